The largest absolute Gasteiger partial charge is 0.299 e. The third-order valence-electron chi connectivity index (χ3n) is 4.36. The van der Waals surface area contributed by atoms with E-state index in [1.54, 1.807) is 6.20 Å². The molecule has 0 spiro atoms. The first-order valence-electron chi connectivity index (χ1n) is 7.66. The number of thiazole rings is 1. The molecule has 0 bridgehead atoms. The molecule has 0 radical (unpaired) electrons. The van der Waals surface area contributed by atoms with E-state index < -0.39 is 11.6 Å². The average molecular weight is 342 g/mol. The van der Waals surface area contributed by atoms with Gasteiger partial charge in [-0.1, -0.05) is 17.4 Å². The van der Waals surface area contributed by atoms with Crippen LogP contribution < -0.4 is 5.32 Å². The number of carbonyl (C=O) groups excluding carboxylic acids is 1. The molecule has 1 amide bonds. The summed E-state index contributed by atoms with van der Waals surface area (Å²) in [5, 5.41) is 12.3. The zero-order chi connectivity index (χ0) is 16.9. The lowest BCUT2D eigenvalue weighted by Crippen LogP contribution is -2.25. The number of nitrogens with one attached hydrogen (secondary N) is 1. The van der Waals surface area contributed by atoms with Crippen LogP contribution in [0.25, 0.3) is 21.3 Å². The van der Waals surface area contributed by atoms with Gasteiger partial charge in [0.25, 0.3) is 5.91 Å². The number of carbonyl (C=O) groups is 1. The summed E-state index contributed by atoms with van der Waals surface area (Å²) in [5.74, 6) is -0.594. The minimum Gasteiger partial charge on any atom is -0.299 e. The Balaban J connectivity index is 1.65. The Bertz CT molecular complexity index is 964. The number of alkyl halides is 1. The molecular formula is C17H15FN4OS. The van der Waals surface area contributed by atoms with Gasteiger partial charge in [0.05, 0.1) is 16.1 Å². The fraction of sp³-hybridized carbons (Fsp3) is 0.294. The summed E-state index contributed by atoms with van der Waals surface area (Å²) in [7, 11) is 0. The molecule has 1 fully saturated rings. The third kappa shape index (κ3) is 2.54. The van der Waals surface area contributed by atoms with Gasteiger partial charge in [-0.25, -0.2) is 9.37 Å². The van der Waals surface area contributed by atoms with Gasteiger partial charge in [0, 0.05) is 11.6 Å². The topological polar surface area (TPSA) is 67.8 Å². The number of hydrogen-bond donors (Lipinski definition) is 1. The molecule has 3 aromatic rings. The summed E-state index contributed by atoms with van der Waals surface area (Å²) in [5.41, 5.74) is 2.12. The van der Waals surface area contributed by atoms with Crippen LogP contribution in [0, 0.1) is 13.8 Å². The molecule has 1 aromatic carbocycles. The van der Waals surface area contributed by atoms with E-state index in [1.807, 2.05) is 32.0 Å². The van der Waals surface area contributed by atoms with Crippen LogP contribution in [-0.4, -0.2) is 26.8 Å². The molecule has 0 atom stereocenters. The van der Waals surface area contributed by atoms with Crippen LogP contribution in [0.5, 0.6) is 0 Å². The summed E-state index contributed by atoms with van der Waals surface area (Å²) < 4.78 is 13.7. The van der Waals surface area contributed by atoms with Gasteiger partial charge in [-0.05, 0) is 49.9 Å². The highest BCUT2D eigenvalue weighted by Gasteiger charge is 2.51. The number of rotatable bonds is 3. The number of fused-ring (bicyclic) bond motifs is 1. The van der Waals surface area contributed by atoms with Crippen LogP contribution in [0.1, 0.15) is 24.1 Å². The quantitative estimate of drug-likeness (QED) is 0.786. The molecule has 4 rings (SSSR count). The molecule has 1 aliphatic carbocycles. The molecule has 0 aliphatic heterocycles. The second-order valence-corrected chi connectivity index (χ2v) is 7.12. The van der Waals surface area contributed by atoms with Gasteiger partial charge in [0.2, 0.25) is 0 Å². The van der Waals surface area contributed by atoms with E-state index in [9.17, 15) is 9.18 Å². The predicted molar refractivity (Wildman–Crippen MR) is 91.8 cm³/mol. The third-order valence-corrected chi connectivity index (χ3v) is 5.32. The second kappa shape index (κ2) is 5.31. The number of anilines is 1. The lowest BCUT2D eigenvalue weighted by atomic mass is 10.1. The van der Waals surface area contributed by atoms with Crippen LogP contribution in [-0.2, 0) is 4.79 Å². The van der Waals surface area contributed by atoms with E-state index in [0.717, 1.165) is 32.6 Å². The minimum atomic E-state index is -1.69. The highest BCUT2D eigenvalue weighted by Crippen LogP contribution is 2.41. The second-order valence-electron chi connectivity index (χ2n) is 6.09. The van der Waals surface area contributed by atoms with Gasteiger partial charge < -0.3 is 0 Å². The van der Waals surface area contributed by atoms with Gasteiger partial charge in [0.15, 0.2) is 10.8 Å². The van der Waals surface area contributed by atoms with Crippen LogP contribution in [0.3, 0.4) is 0 Å². The van der Waals surface area contributed by atoms with Crippen molar-refractivity contribution in [3.05, 3.63) is 35.7 Å². The SMILES string of the molecule is Cc1nnc2ccc(-c3cnc(NC(=O)C4(F)CC4)s3)cc2c1C. The fourth-order valence-electron chi connectivity index (χ4n) is 2.49. The van der Waals surface area contributed by atoms with E-state index >= 15 is 0 Å². The van der Waals surface area contributed by atoms with Crippen molar-refractivity contribution in [2.45, 2.75) is 32.4 Å². The number of benzene rings is 1. The van der Waals surface area contributed by atoms with Crippen LogP contribution in [0.2, 0.25) is 0 Å². The predicted octanol–water partition coefficient (Wildman–Crippen LogP) is 3.81. The monoisotopic (exact) mass is 342 g/mol. The maximum Gasteiger partial charge on any atom is 0.263 e. The molecule has 24 heavy (non-hydrogen) atoms. The highest BCUT2D eigenvalue weighted by atomic mass is 32.1. The van der Waals surface area contributed by atoms with E-state index in [-0.39, 0.29) is 0 Å². The number of aryl methyl sites for hydroxylation is 2. The Morgan fingerprint density at radius 2 is 2.08 bits per heavy atom. The van der Waals surface area contributed by atoms with Crippen LogP contribution in [0.4, 0.5) is 9.52 Å². The van der Waals surface area contributed by atoms with Crippen molar-refractivity contribution in [3.63, 3.8) is 0 Å². The molecule has 7 heteroatoms. The van der Waals surface area contributed by atoms with Crippen molar-refractivity contribution in [2.75, 3.05) is 5.32 Å². The first-order chi connectivity index (χ1) is 11.5. The number of aromatic nitrogens is 3. The number of halogens is 1. The molecule has 1 saturated carbocycles. The normalized spacial score (nSPS) is 15.5. The summed E-state index contributed by atoms with van der Waals surface area (Å²) in [6.45, 7) is 3.95. The van der Waals surface area contributed by atoms with Crippen LogP contribution in [0.15, 0.2) is 24.4 Å². The molecule has 122 valence electrons. The number of amides is 1. The van der Waals surface area contributed by atoms with Crippen molar-refractivity contribution >= 4 is 33.3 Å². The Kier molecular flexibility index (Phi) is 3.35. The van der Waals surface area contributed by atoms with Crippen LogP contribution >= 0.6 is 11.3 Å². The van der Waals surface area contributed by atoms with Gasteiger partial charge in [-0.2, -0.15) is 10.2 Å². The zero-order valence-electron chi connectivity index (χ0n) is 13.3. The lowest BCUT2D eigenvalue weighted by Gasteiger charge is -2.05. The molecular weight excluding hydrogens is 327 g/mol. The van der Waals surface area contributed by atoms with Crippen molar-refractivity contribution < 1.29 is 9.18 Å². The number of hydrogen-bond acceptors (Lipinski definition) is 5. The fourth-order valence-corrected chi connectivity index (χ4v) is 3.29. The summed E-state index contributed by atoms with van der Waals surface area (Å²) in [6.07, 6.45) is 2.28. The minimum absolute atomic E-state index is 0.293. The van der Waals surface area contributed by atoms with Crippen molar-refractivity contribution in [1.29, 1.82) is 0 Å². The molecule has 5 nitrogen and oxygen atoms in total. The lowest BCUT2D eigenvalue weighted by molar-refractivity contribution is -0.122. The standard InChI is InChI=1S/C17H15FN4OS/c1-9-10(2)21-22-13-4-3-11(7-12(9)13)14-8-19-16(24-14)20-15(23)17(18)5-6-17/h3-4,7-8H,5-6H2,1-2H3,(H,19,20,23). The molecule has 1 aliphatic rings. The maximum atomic E-state index is 13.7. The average Bonchev–Trinajstić information content (AvgIpc) is 3.16. The summed E-state index contributed by atoms with van der Waals surface area (Å²) >= 11 is 1.33. The van der Waals surface area contributed by atoms with Gasteiger partial charge >= 0.3 is 0 Å². The van der Waals surface area contributed by atoms with Gasteiger partial charge in [0.1, 0.15) is 0 Å². The van der Waals surface area contributed by atoms with Crippen molar-refractivity contribution in [1.82, 2.24) is 15.2 Å². The van der Waals surface area contributed by atoms with E-state index in [2.05, 4.69) is 20.5 Å². The smallest absolute Gasteiger partial charge is 0.263 e. The van der Waals surface area contributed by atoms with Crippen molar-refractivity contribution in [2.24, 2.45) is 0 Å². The Hall–Kier alpha value is -2.41. The summed E-state index contributed by atoms with van der Waals surface area (Å²) in [4.78, 5) is 16.9. The molecule has 0 saturated heterocycles. The Morgan fingerprint density at radius 3 is 2.83 bits per heavy atom. The first-order valence-corrected chi connectivity index (χ1v) is 8.48. The summed E-state index contributed by atoms with van der Waals surface area (Å²) in [6, 6.07) is 5.91. The first kappa shape index (κ1) is 15.1. The highest BCUT2D eigenvalue weighted by molar-refractivity contribution is 7.19. The van der Waals surface area contributed by atoms with E-state index in [4.69, 9.17) is 0 Å². The Morgan fingerprint density at radius 1 is 1.29 bits per heavy atom. The number of nitrogens with zero attached hydrogens (tertiary/aromatic N) is 3. The van der Waals surface area contributed by atoms with Crippen molar-refractivity contribution in [3.8, 4) is 10.4 Å². The Labute approximate surface area is 141 Å². The van der Waals surface area contributed by atoms with Gasteiger partial charge in [-0.3, -0.25) is 10.1 Å². The van der Waals surface area contributed by atoms with E-state index in [1.165, 1.54) is 11.3 Å². The van der Waals surface area contributed by atoms with Gasteiger partial charge in [-0.15, -0.1) is 0 Å². The van der Waals surface area contributed by atoms with E-state index in [0.29, 0.717) is 18.0 Å². The molecule has 2 aromatic heterocycles. The zero-order valence-corrected chi connectivity index (χ0v) is 14.1. The molecule has 0 unspecified atom stereocenters. The molecule has 2 heterocycles. The maximum absolute atomic E-state index is 13.7. The molecule has 1 N–H and O–H groups in total.